The minimum absolute atomic E-state index is 0.601. The molecule has 0 fully saturated rings. The molecular formula is C13H29NO. The van der Waals surface area contributed by atoms with Gasteiger partial charge in [0.25, 0.3) is 0 Å². The van der Waals surface area contributed by atoms with E-state index in [1.54, 1.807) is 0 Å². The van der Waals surface area contributed by atoms with Crippen molar-refractivity contribution >= 4 is 0 Å². The van der Waals surface area contributed by atoms with Crippen LogP contribution in [0.1, 0.15) is 47.0 Å². The largest absolute Gasteiger partial charge is 0.381 e. The van der Waals surface area contributed by atoms with Crippen LogP contribution in [-0.2, 0) is 4.74 Å². The summed E-state index contributed by atoms with van der Waals surface area (Å²) in [6, 6.07) is 0.601. The highest BCUT2D eigenvalue weighted by Gasteiger charge is 2.12. The Kier molecular flexibility index (Phi) is 9.12. The molecule has 92 valence electrons. The maximum absolute atomic E-state index is 5.64. The maximum atomic E-state index is 5.64. The average Bonchev–Trinajstić information content (AvgIpc) is 2.22. The van der Waals surface area contributed by atoms with Crippen LogP contribution in [-0.4, -0.2) is 26.3 Å². The van der Waals surface area contributed by atoms with E-state index in [2.05, 4.69) is 33.0 Å². The van der Waals surface area contributed by atoms with E-state index in [0.29, 0.717) is 6.04 Å². The van der Waals surface area contributed by atoms with Gasteiger partial charge in [0.1, 0.15) is 0 Å². The minimum atomic E-state index is 0.601. The summed E-state index contributed by atoms with van der Waals surface area (Å²) >= 11 is 0. The van der Waals surface area contributed by atoms with Gasteiger partial charge < -0.3 is 10.1 Å². The molecule has 0 amide bonds. The Balaban J connectivity index is 3.46. The minimum Gasteiger partial charge on any atom is -0.381 e. The third-order valence-electron chi connectivity index (χ3n) is 3.16. The summed E-state index contributed by atoms with van der Waals surface area (Å²) in [5.41, 5.74) is 0. The maximum Gasteiger partial charge on any atom is 0.0469 e. The smallest absolute Gasteiger partial charge is 0.0469 e. The third-order valence-corrected chi connectivity index (χ3v) is 3.16. The first-order valence-corrected chi connectivity index (χ1v) is 6.36. The monoisotopic (exact) mass is 215 g/mol. The molecule has 2 unspecified atom stereocenters. The van der Waals surface area contributed by atoms with Gasteiger partial charge in [-0.05, 0) is 38.6 Å². The summed E-state index contributed by atoms with van der Waals surface area (Å²) in [7, 11) is 2.03. The highest BCUT2D eigenvalue weighted by Crippen LogP contribution is 2.13. The highest BCUT2D eigenvalue weighted by atomic mass is 16.5. The molecule has 0 heterocycles. The van der Waals surface area contributed by atoms with Crippen molar-refractivity contribution in [3.05, 3.63) is 0 Å². The fourth-order valence-corrected chi connectivity index (χ4v) is 1.70. The number of rotatable bonds is 9. The van der Waals surface area contributed by atoms with Crippen molar-refractivity contribution in [2.75, 3.05) is 20.3 Å². The number of nitrogens with one attached hydrogen (secondary N) is 1. The van der Waals surface area contributed by atoms with E-state index in [1.807, 2.05) is 7.05 Å². The van der Waals surface area contributed by atoms with Gasteiger partial charge >= 0.3 is 0 Å². The lowest BCUT2D eigenvalue weighted by atomic mass is 9.95. The molecule has 0 saturated heterocycles. The summed E-state index contributed by atoms with van der Waals surface area (Å²) in [5, 5.41) is 3.32. The van der Waals surface area contributed by atoms with Crippen molar-refractivity contribution in [1.29, 1.82) is 0 Å². The zero-order valence-electron chi connectivity index (χ0n) is 11.2. The first-order valence-electron chi connectivity index (χ1n) is 6.36. The van der Waals surface area contributed by atoms with E-state index >= 15 is 0 Å². The Labute approximate surface area is 95.8 Å². The molecule has 0 radical (unpaired) electrons. The molecule has 15 heavy (non-hydrogen) atoms. The second-order valence-corrected chi connectivity index (χ2v) is 4.83. The Morgan fingerprint density at radius 2 is 1.67 bits per heavy atom. The molecule has 0 bridgehead atoms. The molecule has 0 aromatic carbocycles. The lowest BCUT2D eigenvalue weighted by Gasteiger charge is -2.22. The van der Waals surface area contributed by atoms with Gasteiger partial charge in [0, 0.05) is 19.3 Å². The molecule has 0 spiro atoms. The quantitative estimate of drug-likeness (QED) is 0.597. The second-order valence-electron chi connectivity index (χ2n) is 4.83. The molecule has 1 N–H and O–H groups in total. The lowest BCUT2D eigenvalue weighted by molar-refractivity contribution is 0.105. The van der Waals surface area contributed by atoms with Crippen molar-refractivity contribution in [1.82, 2.24) is 5.32 Å². The second kappa shape index (κ2) is 9.17. The van der Waals surface area contributed by atoms with E-state index in [9.17, 15) is 0 Å². The number of hydrogen-bond acceptors (Lipinski definition) is 2. The summed E-state index contributed by atoms with van der Waals surface area (Å²) in [6.45, 7) is 10.8. The van der Waals surface area contributed by atoms with Crippen LogP contribution in [0, 0.1) is 11.8 Å². The van der Waals surface area contributed by atoms with E-state index in [4.69, 9.17) is 4.74 Å². The van der Waals surface area contributed by atoms with Gasteiger partial charge in [-0.2, -0.15) is 0 Å². The van der Waals surface area contributed by atoms with Gasteiger partial charge in [0.2, 0.25) is 0 Å². The van der Waals surface area contributed by atoms with Crippen molar-refractivity contribution in [2.24, 2.45) is 11.8 Å². The SMILES string of the molecule is CCC(CCOCCC(C)C)C(C)NC. The van der Waals surface area contributed by atoms with Gasteiger partial charge in [-0.15, -0.1) is 0 Å². The number of ether oxygens (including phenoxy) is 1. The van der Waals surface area contributed by atoms with Crippen LogP contribution in [0.3, 0.4) is 0 Å². The van der Waals surface area contributed by atoms with Crippen molar-refractivity contribution in [3.8, 4) is 0 Å². The Morgan fingerprint density at radius 3 is 2.13 bits per heavy atom. The molecule has 0 aromatic heterocycles. The van der Waals surface area contributed by atoms with Gasteiger partial charge in [0.15, 0.2) is 0 Å². The van der Waals surface area contributed by atoms with Crippen LogP contribution < -0.4 is 5.32 Å². The van der Waals surface area contributed by atoms with E-state index < -0.39 is 0 Å². The first-order chi connectivity index (χ1) is 7.11. The van der Waals surface area contributed by atoms with Crippen LogP contribution in [0.2, 0.25) is 0 Å². The van der Waals surface area contributed by atoms with Gasteiger partial charge in [0.05, 0.1) is 0 Å². The molecule has 0 aliphatic carbocycles. The average molecular weight is 215 g/mol. The summed E-state index contributed by atoms with van der Waals surface area (Å²) in [4.78, 5) is 0. The molecule has 2 atom stereocenters. The van der Waals surface area contributed by atoms with Gasteiger partial charge in [-0.1, -0.05) is 27.2 Å². The van der Waals surface area contributed by atoms with E-state index in [0.717, 1.165) is 25.0 Å². The van der Waals surface area contributed by atoms with Crippen LogP contribution in [0.15, 0.2) is 0 Å². The number of hydrogen-bond donors (Lipinski definition) is 1. The lowest BCUT2D eigenvalue weighted by Crippen LogP contribution is -2.30. The van der Waals surface area contributed by atoms with E-state index in [-0.39, 0.29) is 0 Å². The zero-order valence-corrected chi connectivity index (χ0v) is 11.2. The fraction of sp³-hybridized carbons (Fsp3) is 1.00. The molecule has 0 aromatic rings. The normalized spacial score (nSPS) is 15.6. The summed E-state index contributed by atoms with van der Waals surface area (Å²) in [6.07, 6.45) is 3.59. The summed E-state index contributed by atoms with van der Waals surface area (Å²) < 4.78 is 5.64. The van der Waals surface area contributed by atoms with Crippen LogP contribution in [0.4, 0.5) is 0 Å². The van der Waals surface area contributed by atoms with Crippen molar-refractivity contribution in [2.45, 2.75) is 53.0 Å². The highest BCUT2D eigenvalue weighted by molar-refractivity contribution is 4.69. The van der Waals surface area contributed by atoms with Crippen molar-refractivity contribution < 1.29 is 4.74 Å². The van der Waals surface area contributed by atoms with Crippen molar-refractivity contribution in [3.63, 3.8) is 0 Å². The van der Waals surface area contributed by atoms with Crippen LogP contribution in [0.5, 0.6) is 0 Å². The van der Waals surface area contributed by atoms with E-state index in [1.165, 1.54) is 19.3 Å². The molecule has 0 saturated carbocycles. The Morgan fingerprint density at radius 1 is 1.07 bits per heavy atom. The Bertz CT molecular complexity index is 136. The van der Waals surface area contributed by atoms with Crippen LogP contribution >= 0.6 is 0 Å². The zero-order chi connectivity index (χ0) is 11.7. The molecule has 2 nitrogen and oxygen atoms in total. The first kappa shape index (κ1) is 14.9. The molecule has 0 aliphatic heterocycles. The predicted octanol–water partition coefficient (Wildman–Crippen LogP) is 3.07. The topological polar surface area (TPSA) is 21.3 Å². The summed E-state index contributed by atoms with van der Waals surface area (Å²) in [5.74, 6) is 1.50. The molecule has 0 aliphatic rings. The molecule has 0 rings (SSSR count). The molecular weight excluding hydrogens is 186 g/mol. The van der Waals surface area contributed by atoms with Gasteiger partial charge in [-0.3, -0.25) is 0 Å². The Hall–Kier alpha value is -0.0800. The fourth-order valence-electron chi connectivity index (χ4n) is 1.70. The third kappa shape index (κ3) is 7.80. The standard InChI is InChI=1S/C13H29NO/c1-6-13(12(4)14-5)8-10-15-9-7-11(2)3/h11-14H,6-10H2,1-5H3. The predicted molar refractivity (Wildman–Crippen MR) is 67.2 cm³/mol. The van der Waals surface area contributed by atoms with Gasteiger partial charge in [-0.25, -0.2) is 0 Å². The molecule has 2 heteroatoms. The van der Waals surface area contributed by atoms with Crippen LogP contribution in [0.25, 0.3) is 0 Å².